The van der Waals surface area contributed by atoms with Crippen molar-refractivity contribution in [3.05, 3.63) is 15.0 Å². The number of amides is 1. The second-order valence-electron chi connectivity index (χ2n) is 3.21. The Labute approximate surface area is 95.1 Å². The van der Waals surface area contributed by atoms with Crippen LogP contribution >= 0.6 is 27.3 Å². The number of hydrogen-bond acceptors (Lipinski definition) is 3. The third-order valence-electron chi connectivity index (χ3n) is 1.50. The van der Waals surface area contributed by atoms with E-state index in [-0.39, 0.29) is 5.91 Å². The number of rotatable bonds is 2. The van der Waals surface area contributed by atoms with Gasteiger partial charge in [0, 0.05) is 5.38 Å². The Morgan fingerprint density at radius 3 is 2.86 bits per heavy atom. The van der Waals surface area contributed by atoms with Crippen LogP contribution in [0.15, 0.2) is 9.30 Å². The molecule has 1 heterocycles. The van der Waals surface area contributed by atoms with Gasteiger partial charge in [-0.1, -0.05) is 5.92 Å². The van der Waals surface area contributed by atoms with Gasteiger partial charge in [-0.05, 0) is 29.8 Å². The normalized spacial score (nSPS) is 10.7. The van der Waals surface area contributed by atoms with Crippen LogP contribution in [0.2, 0.25) is 0 Å². The van der Waals surface area contributed by atoms with E-state index in [0.29, 0.717) is 9.61 Å². The highest BCUT2D eigenvalue weighted by Crippen LogP contribution is 2.16. The number of carbonyl (C=O) groups excluding carboxylic acids is 1. The first kappa shape index (κ1) is 11.2. The number of carbonyl (C=O) groups is 1. The van der Waals surface area contributed by atoms with Crippen molar-refractivity contribution in [2.45, 2.75) is 19.4 Å². The molecule has 0 radical (unpaired) electrons. The van der Waals surface area contributed by atoms with Gasteiger partial charge in [0.15, 0.2) is 3.92 Å². The highest BCUT2D eigenvalue weighted by atomic mass is 79.9. The van der Waals surface area contributed by atoms with Crippen molar-refractivity contribution in [3.8, 4) is 12.3 Å². The van der Waals surface area contributed by atoms with Crippen LogP contribution in [-0.2, 0) is 0 Å². The fraction of sp³-hybridized carbons (Fsp3) is 0.333. The number of aromatic nitrogens is 1. The monoisotopic (exact) mass is 272 g/mol. The lowest BCUT2D eigenvalue weighted by molar-refractivity contribution is 0.0925. The van der Waals surface area contributed by atoms with Gasteiger partial charge in [0.25, 0.3) is 5.91 Å². The van der Waals surface area contributed by atoms with Crippen LogP contribution in [0.5, 0.6) is 0 Å². The number of nitrogens with one attached hydrogen (secondary N) is 1. The second-order valence-corrected chi connectivity index (χ2v) is 5.34. The summed E-state index contributed by atoms with van der Waals surface area (Å²) in [4.78, 5) is 15.5. The molecule has 0 aromatic carbocycles. The smallest absolute Gasteiger partial charge is 0.271 e. The van der Waals surface area contributed by atoms with Crippen molar-refractivity contribution in [1.82, 2.24) is 10.3 Å². The summed E-state index contributed by atoms with van der Waals surface area (Å²) in [6, 6.07) is 0. The lowest BCUT2D eigenvalue weighted by atomic mass is 10.1. The zero-order valence-electron chi connectivity index (χ0n) is 7.80. The van der Waals surface area contributed by atoms with E-state index in [2.05, 4.69) is 32.2 Å². The summed E-state index contributed by atoms with van der Waals surface area (Å²) in [7, 11) is 0. The molecule has 0 aliphatic carbocycles. The molecule has 0 unspecified atom stereocenters. The van der Waals surface area contributed by atoms with E-state index in [4.69, 9.17) is 6.42 Å². The van der Waals surface area contributed by atoms with Gasteiger partial charge in [0.1, 0.15) is 5.69 Å². The molecule has 0 fully saturated rings. The molecule has 74 valence electrons. The van der Waals surface area contributed by atoms with Crippen LogP contribution in [0.25, 0.3) is 0 Å². The molecule has 1 N–H and O–H groups in total. The highest BCUT2D eigenvalue weighted by molar-refractivity contribution is 9.11. The second kappa shape index (κ2) is 4.11. The molecule has 1 aromatic heterocycles. The predicted octanol–water partition coefficient (Wildman–Crippen LogP) is 2.05. The van der Waals surface area contributed by atoms with E-state index in [1.54, 1.807) is 19.2 Å². The molecule has 0 atom stereocenters. The zero-order chi connectivity index (χ0) is 10.8. The molecular formula is C9H9BrN2OS. The number of thiazole rings is 1. The Kier molecular flexibility index (Phi) is 3.29. The Hall–Kier alpha value is -0.860. The number of hydrogen-bond donors (Lipinski definition) is 1. The van der Waals surface area contributed by atoms with Crippen molar-refractivity contribution in [2.24, 2.45) is 0 Å². The van der Waals surface area contributed by atoms with Gasteiger partial charge in [0.2, 0.25) is 0 Å². The van der Waals surface area contributed by atoms with Gasteiger partial charge in [0.05, 0.1) is 5.54 Å². The van der Waals surface area contributed by atoms with Crippen molar-refractivity contribution in [1.29, 1.82) is 0 Å². The van der Waals surface area contributed by atoms with E-state index in [1.807, 2.05) is 0 Å². The quantitative estimate of drug-likeness (QED) is 0.838. The summed E-state index contributed by atoms with van der Waals surface area (Å²) in [5, 5.41) is 4.36. The Morgan fingerprint density at radius 2 is 2.43 bits per heavy atom. The van der Waals surface area contributed by atoms with Crippen molar-refractivity contribution >= 4 is 33.2 Å². The average Bonchev–Trinajstić information content (AvgIpc) is 2.51. The topological polar surface area (TPSA) is 42.0 Å². The minimum Gasteiger partial charge on any atom is -0.335 e. The predicted molar refractivity (Wildman–Crippen MR) is 60.2 cm³/mol. The van der Waals surface area contributed by atoms with Crippen LogP contribution in [0.4, 0.5) is 0 Å². The van der Waals surface area contributed by atoms with Gasteiger partial charge in [-0.2, -0.15) is 0 Å². The largest absolute Gasteiger partial charge is 0.335 e. The lowest BCUT2D eigenvalue weighted by Crippen LogP contribution is -2.42. The molecule has 1 amide bonds. The van der Waals surface area contributed by atoms with Gasteiger partial charge >= 0.3 is 0 Å². The molecule has 5 heteroatoms. The molecule has 0 bridgehead atoms. The zero-order valence-corrected chi connectivity index (χ0v) is 10.2. The number of halogens is 1. The van der Waals surface area contributed by atoms with Crippen molar-refractivity contribution in [3.63, 3.8) is 0 Å². The molecule has 3 nitrogen and oxygen atoms in total. The third-order valence-corrected chi connectivity index (χ3v) is 2.86. The summed E-state index contributed by atoms with van der Waals surface area (Å²) in [6.45, 7) is 3.51. The van der Waals surface area contributed by atoms with Crippen molar-refractivity contribution < 1.29 is 4.79 Å². The molecular weight excluding hydrogens is 264 g/mol. The molecule has 1 rings (SSSR count). The minimum absolute atomic E-state index is 0.255. The Morgan fingerprint density at radius 1 is 1.79 bits per heavy atom. The number of terminal acetylenes is 1. The van der Waals surface area contributed by atoms with Crippen LogP contribution in [-0.4, -0.2) is 16.4 Å². The summed E-state index contributed by atoms with van der Waals surface area (Å²) < 4.78 is 0.682. The van der Waals surface area contributed by atoms with E-state index in [0.717, 1.165) is 0 Å². The first-order valence-electron chi connectivity index (χ1n) is 3.86. The molecule has 0 spiro atoms. The average molecular weight is 273 g/mol. The minimum atomic E-state index is -0.646. The summed E-state index contributed by atoms with van der Waals surface area (Å²) in [5.74, 6) is 2.23. The SMILES string of the molecule is C#CC(C)(C)NC(=O)c1csc(Br)n1. The summed E-state index contributed by atoms with van der Waals surface area (Å²) in [6.07, 6.45) is 5.25. The first-order chi connectivity index (χ1) is 6.44. The third kappa shape index (κ3) is 2.82. The fourth-order valence-electron chi connectivity index (χ4n) is 0.740. The maximum absolute atomic E-state index is 11.5. The van der Waals surface area contributed by atoms with E-state index < -0.39 is 5.54 Å². The molecule has 0 aliphatic heterocycles. The Balaban J connectivity index is 2.74. The van der Waals surface area contributed by atoms with Crippen LogP contribution in [0.1, 0.15) is 24.3 Å². The van der Waals surface area contributed by atoms with E-state index in [9.17, 15) is 4.79 Å². The van der Waals surface area contributed by atoms with Gasteiger partial charge in [-0.15, -0.1) is 17.8 Å². The maximum atomic E-state index is 11.5. The molecule has 0 aliphatic rings. The van der Waals surface area contributed by atoms with Crippen molar-refractivity contribution in [2.75, 3.05) is 0 Å². The molecule has 0 saturated carbocycles. The highest BCUT2D eigenvalue weighted by Gasteiger charge is 2.19. The van der Waals surface area contributed by atoms with Gasteiger partial charge in [-0.3, -0.25) is 4.79 Å². The van der Waals surface area contributed by atoms with E-state index >= 15 is 0 Å². The lowest BCUT2D eigenvalue weighted by Gasteiger charge is -2.18. The van der Waals surface area contributed by atoms with Crippen LogP contribution in [0, 0.1) is 12.3 Å². The first-order valence-corrected chi connectivity index (χ1v) is 5.53. The molecule has 0 saturated heterocycles. The fourth-order valence-corrected chi connectivity index (χ4v) is 1.73. The molecule has 14 heavy (non-hydrogen) atoms. The maximum Gasteiger partial charge on any atom is 0.271 e. The van der Waals surface area contributed by atoms with Crippen LogP contribution in [0.3, 0.4) is 0 Å². The number of nitrogens with zero attached hydrogens (tertiary/aromatic N) is 1. The van der Waals surface area contributed by atoms with Gasteiger partial charge < -0.3 is 5.32 Å². The molecule has 1 aromatic rings. The van der Waals surface area contributed by atoms with E-state index in [1.165, 1.54) is 11.3 Å². The standard InChI is InChI=1S/C9H9BrN2OS/c1-4-9(2,3)12-7(13)6-5-14-8(10)11-6/h1,5H,2-3H3,(H,12,13). The van der Waals surface area contributed by atoms with Gasteiger partial charge in [-0.25, -0.2) is 4.98 Å². The summed E-state index contributed by atoms with van der Waals surface area (Å²) in [5.41, 5.74) is -0.266. The summed E-state index contributed by atoms with van der Waals surface area (Å²) >= 11 is 4.54. The Bertz CT molecular complexity index is 392. The van der Waals surface area contributed by atoms with Crippen LogP contribution < -0.4 is 5.32 Å².